The molecule has 5 heteroatoms. The van der Waals surface area contributed by atoms with Gasteiger partial charge in [0.25, 0.3) is 0 Å². The number of nitrogens with zero attached hydrogens (tertiary/aromatic N) is 3. The van der Waals surface area contributed by atoms with E-state index in [4.69, 9.17) is 4.74 Å². The number of methoxy groups -OCH3 is 1. The summed E-state index contributed by atoms with van der Waals surface area (Å²) in [5.41, 5.74) is 1.84. The van der Waals surface area contributed by atoms with Gasteiger partial charge in [0.15, 0.2) is 12.1 Å². The zero-order valence-corrected chi connectivity index (χ0v) is 11.4. The second kappa shape index (κ2) is 5.58. The molecule has 5 nitrogen and oxygen atoms in total. The van der Waals surface area contributed by atoms with Gasteiger partial charge in [0, 0.05) is 18.0 Å². The van der Waals surface area contributed by atoms with Crippen molar-refractivity contribution in [1.82, 2.24) is 14.8 Å². The molecule has 3 aromatic rings. The van der Waals surface area contributed by atoms with Crippen LogP contribution in [0.1, 0.15) is 10.4 Å². The SMILES string of the molecule is COc1ccccc1-c1nn(-c2ccccn2)cc1C=O. The second-order valence-electron chi connectivity index (χ2n) is 4.38. The molecule has 0 N–H and O–H groups in total. The van der Waals surface area contributed by atoms with Crippen molar-refractivity contribution < 1.29 is 9.53 Å². The Balaban J connectivity index is 2.15. The van der Waals surface area contributed by atoms with Crippen molar-refractivity contribution in [2.24, 2.45) is 0 Å². The van der Waals surface area contributed by atoms with Crippen molar-refractivity contribution in [3.05, 3.63) is 60.4 Å². The van der Waals surface area contributed by atoms with Crippen molar-refractivity contribution in [1.29, 1.82) is 0 Å². The fourth-order valence-electron chi connectivity index (χ4n) is 2.13. The molecule has 0 saturated heterocycles. The summed E-state index contributed by atoms with van der Waals surface area (Å²) in [7, 11) is 1.59. The van der Waals surface area contributed by atoms with Gasteiger partial charge >= 0.3 is 0 Å². The summed E-state index contributed by atoms with van der Waals surface area (Å²) in [5, 5.41) is 4.47. The Hall–Kier alpha value is -2.95. The molecular formula is C16H13N3O2. The van der Waals surface area contributed by atoms with E-state index in [0.717, 1.165) is 11.8 Å². The molecule has 0 atom stereocenters. The molecule has 0 spiro atoms. The van der Waals surface area contributed by atoms with Crippen LogP contribution in [-0.4, -0.2) is 28.2 Å². The number of ether oxygens (including phenoxy) is 1. The quantitative estimate of drug-likeness (QED) is 0.689. The van der Waals surface area contributed by atoms with Crippen LogP contribution in [0.15, 0.2) is 54.9 Å². The summed E-state index contributed by atoms with van der Waals surface area (Å²) in [6.07, 6.45) is 4.13. The van der Waals surface area contributed by atoms with Gasteiger partial charge in [0.05, 0.1) is 12.7 Å². The molecular weight excluding hydrogens is 266 g/mol. The van der Waals surface area contributed by atoms with Gasteiger partial charge in [-0.3, -0.25) is 4.79 Å². The number of carbonyl (C=O) groups excluding carboxylic acids is 1. The van der Waals surface area contributed by atoms with Crippen LogP contribution in [-0.2, 0) is 0 Å². The van der Waals surface area contributed by atoms with E-state index in [-0.39, 0.29) is 0 Å². The Labute approximate surface area is 121 Å². The van der Waals surface area contributed by atoms with Crippen LogP contribution in [0, 0.1) is 0 Å². The molecule has 21 heavy (non-hydrogen) atoms. The zero-order chi connectivity index (χ0) is 14.7. The van der Waals surface area contributed by atoms with Crippen LogP contribution in [0.2, 0.25) is 0 Å². The van der Waals surface area contributed by atoms with Gasteiger partial charge in [0.2, 0.25) is 0 Å². The summed E-state index contributed by atoms with van der Waals surface area (Å²) in [6.45, 7) is 0. The van der Waals surface area contributed by atoms with E-state index in [2.05, 4.69) is 10.1 Å². The highest BCUT2D eigenvalue weighted by molar-refractivity contribution is 5.87. The van der Waals surface area contributed by atoms with Crippen LogP contribution in [0.4, 0.5) is 0 Å². The monoisotopic (exact) mass is 279 g/mol. The van der Waals surface area contributed by atoms with E-state index in [0.29, 0.717) is 22.8 Å². The summed E-state index contributed by atoms with van der Waals surface area (Å²) < 4.78 is 6.92. The predicted octanol–water partition coefficient (Wildman–Crippen LogP) is 2.76. The fourth-order valence-corrected chi connectivity index (χ4v) is 2.13. The lowest BCUT2D eigenvalue weighted by molar-refractivity contribution is 0.112. The minimum absolute atomic E-state index is 0.491. The van der Waals surface area contributed by atoms with Gasteiger partial charge in [-0.1, -0.05) is 18.2 Å². The molecule has 0 saturated carbocycles. The molecule has 1 aromatic carbocycles. The molecule has 0 unspecified atom stereocenters. The Bertz CT molecular complexity index is 766. The first-order valence-corrected chi connectivity index (χ1v) is 6.43. The standard InChI is InChI=1S/C16H13N3O2/c1-21-14-7-3-2-6-13(14)16-12(11-20)10-19(18-16)15-8-4-5-9-17-15/h2-11H,1H3. The lowest BCUT2D eigenvalue weighted by Gasteiger charge is -2.06. The third-order valence-corrected chi connectivity index (χ3v) is 3.12. The Morgan fingerprint density at radius 2 is 1.95 bits per heavy atom. The molecule has 0 aliphatic rings. The topological polar surface area (TPSA) is 57.0 Å². The highest BCUT2D eigenvalue weighted by atomic mass is 16.5. The van der Waals surface area contributed by atoms with Gasteiger partial charge in [-0.25, -0.2) is 9.67 Å². The maximum atomic E-state index is 11.3. The first kappa shape index (κ1) is 13.1. The average Bonchev–Trinajstić information content (AvgIpc) is 2.99. The number of para-hydroxylation sites is 1. The molecule has 3 rings (SSSR count). The van der Waals surface area contributed by atoms with Gasteiger partial charge < -0.3 is 4.74 Å². The highest BCUT2D eigenvalue weighted by Crippen LogP contribution is 2.30. The lowest BCUT2D eigenvalue weighted by Crippen LogP contribution is -1.97. The number of aldehydes is 1. The molecule has 0 fully saturated rings. The van der Waals surface area contributed by atoms with Gasteiger partial charge in [-0.05, 0) is 24.3 Å². The van der Waals surface area contributed by atoms with Crippen LogP contribution in [0.3, 0.4) is 0 Å². The van der Waals surface area contributed by atoms with Crippen LogP contribution in [0.5, 0.6) is 5.75 Å². The van der Waals surface area contributed by atoms with Crippen molar-refractivity contribution in [2.45, 2.75) is 0 Å². The summed E-state index contributed by atoms with van der Waals surface area (Å²) in [4.78, 5) is 15.6. The maximum Gasteiger partial charge on any atom is 0.153 e. The molecule has 0 aliphatic carbocycles. The third-order valence-electron chi connectivity index (χ3n) is 3.12. The average molecular weight is 279 g/mol. The van der Waals surface area contributed by atoms with Gasteiger partial charge in [0.1, 0.15) is 11.4 Å². The molecule has 0 bridgehead atoms. The predicted molar refractivity (Wildman–Crippen MR) is 78.7 cm³/mol. The van der Waals surface area contributed by atoms with E-state index in [1.165, 1.54) is 0 Å². The molecule has 0 aliphatic heterocycles. The van der Waals surface area contributed by atoms with Crippen molar-refractivity contribution in [3.63, 3.8) is 0 Å². The number of benzene rings is 1. The number of pyridine rings is 1. The van der Waals surface area contributed by atoms with Gasteiger partial charge in [-0.15, -0.1) is 0 Å². The van der Waals surface area contributed by atoms with E-state index in [9.17, 15) is 4.79 Å². The van der Waals surface area contributed by atoms with Crippen LogP contribution in [0.25, 0.3) is 17.1 Å². The van der Waals surface area contributed by atoms with Crippen molar-refractivity contribution >= 4 is 6.29 Å². The number of rotatable bonds is 4. The Morgan fingerprint density at radius 3 is 2.67 bits per heavy atom. The number of hydrogen-bond donors (Lipinski definition) is 0. The normalized spacial score (nSPS) is 10.3. The Morgan fingerprint density at radius 1 is 1.14 bits per heavy atom. The third kappa shape index (κ3) is 2.41. The van der Waals surface area contributed by atoms with E-state index in [1.807, 2.05) is 42.5 Å². The zero-order valence-electron chi connectivity index (χ0n) is 11.4. The first-order valence-electron chi connectivity index (χ1n) is 6.43. The van der Waals surface area contributed by atoms with E-state index >= 15 is 0 Å². The highest BCUT2D eigenvalue weighted by Gasteiger charge is 2.15. The van der Waals surface area contributed by atoms with E-state index < -0.39 is 0 Å². The first-order chi connectivity index (χ1) is 10.3. The van der Waals surface area contributed by atoms with E-state index in [1.54, 1.807) is 24.2 Å². The summed E-state index contributed by atoms with van der Waals surface area (Å²) >= 11 is 0. The minimum atomic E-state index is 0.491. The molecule has 2 aromatic heterocycles. The number of carbonyl (C=O) groups is 1. The Kier molecular flexibility index (Phi) is 3.47. The smallest absolute Gasteiger partial charge is 0.153 e. The van der Waals surface area contributed by atoms with Crippen molar-refractivity contribution in [3.8, 4) is 22.8 Å². The molecule has 104 valence electrons. The summed E-state index contributed by atoms with van der Waals surface area (Å²) in [5.74, 6) is 1.33. The molecule has 0 amide bonds. The number of aromatic nitrogens is 3. The number of hydrogen-bond acceptors (Lipinski definition) is 4. The van der Waals surface area contributed by atoms with Crippen LogP contribution < -0.4 is 4.74 Å². The maximum absolute atomic E-state index is 11.3. The van der Waals surface area contributed by atoms with Crippen molar-refractivity contribution in [2.75, 3.05) is 7.11 Å². The fraction of sp³-hybridized carbons (Fsp3) is 0.0625. The molecule has 2 heterocycles. The molecule has 0 radical (unpaired) electrons. The van der Waals surface area contributed by atoms with Crippen LogP contribution >= 0.6 is 0 Å². The minimum Gasteiger partial charge on any atom is -0.496 e. The lowest BCUT2D eigenvalue weighted by atomic mass is 10.1. The van der Waals surface area contributed by atoms with Gasteiger partial charge in [-0.2, -0.15) is 5.10 Å². The summed E-state index contributed by atoms with van der Waals surface area (Å²) in [6, 6.07) is 13.0. The largest absolute Gasteiger partial charge is 0.496 e. The second-order valence-corrected chi connectivity index (χ2v) is 4.38.